The van der Waals surface area contributed by atoms with Crippen LogP contribution in [0.4, 0.5) is 19.0 Å². The van der Waals surface area contributed by atoms with E-state index in [9.17, 15) is 13.2 Å². The van der Waals surface area contributed by atoms with Gasteiger partial charge in [0.25, 0.3) is 0 Å². The molecule has 0 aliphatic heterocycles. The fourth-order valence-electron chi connectivity index (χ4n) is 1.63. The number of allylic oxidation sites excluding steroid dienone is 1. The number of halogens is 3. The summed E-state index contributed by atoms with van der Waals surface area (Å²) in [5, 5.41) is 0. The monoisotopic (exact) mass is 295 g/mol. The van der Waals surface area contributed by atoms with Crippen LogP contribution in [0.15, 0.2) is 36.4 Å². The highest BCUT2D eigenvalue weighted by Crippen LogP contribution is 2.30. The second-order valence-electron chi connectivity index (χ2n) is 4.09. The standard InChI is InChI=1S/C14H12F3N3O/c1-2-5-9-6-3-4-7-10(9)21-12-8-11(18)19-13(20-12)14(15,16)17/h2-8H,1H3,(H2,18,19,20)/b5-2+. The number of anilines is 1. The van der Waals surface area contributed by atoms with E-state index >= 15 is 0 Å². The number of para-hydroxylation sites is 1. The average Bonchev–Trinajstić information content (AvgIpc) is 2.40. The van der Waals surface area contributed by atoms with Gasteiger partial charge in [-0.1, -0.05) is 30.4 Å². The molecule has 0 atom stereocenters. The maximum absolute atomic E-state index is 12.6. The molecule has 110 valence electrons. The van der Waals surface area contributed by atoms with Crippen LogP contribution in [0.1, 0.15) is 18.3 Å². The SMILES string of the molecule is C/C=C/c1ccccc1Oc1cc(N)nc(C(F)(F)F)n1. The molecular formula is C14H12F3N3O. The van der Waals surface area contributed by atoms with Crippen molar-refractivity contribution < 1.29 is 17.9 Å². The van der Waals surface area contributed by atoms with E-state index in [2.05, 4.69) is 9.97 Å². The van der Waals surface area contributed by atoms with Crippen LogP contribution in [-0.2, 0) is 6.18 Å². The third-order valence-electron chi connectivity index (χ3n) is 2.46. The van der Waals surface area contributed by atoms with Crippen molar-refractivity contribution >= 4 is 11.9 Å². The molecule has 2 aromatic rings. The number of alkyl halides is 3. The van der Waals surface area contributed by atoms with Gasteiger partial charge >= 0.3 is 6.18 Å². The molecule has 0 saturated heterocycles. The molecule has 2 N–H and O–H groups in total. The maximum atomic E-state index is 12.6. The lowest BCUT2D eigenvalue weighted by atomic mass is 10.2. The number of ether oxygens (including phenoxy) is 1. The molecule has 0 unspecified atom stereocenters. The molecule has 0 radical (unpaired) electrons. The Morgan fingerprint density at radius 3 is 2.57 bits per heavy atom. The summed E-state index contributed by atoms with van der Waals surface area (Å²) in [6.45, 7) is 1.82. The zero-order chi connectivity index (χ0) is 15.5. The Balaban J connectivity index is 2.38. The second kappa shape index (κ2) is 5.82. The Morgan fingerprint density at radius 1 is 1.19 bits per heavy atom. The van der Waals surface area contributed by atoms with E-state index in [1.807, 2.05) is 6.92 Å². The van der Waals surface area contributed by atoms with Gasteiger partial charge in [-0.2, -0.15) is 18.2 Å². The summed E-state index contributed by atoms with van der Waals surface area (Å²) in [5.74, 6) is -1.52. The van der Waals surface area contributed by atoms with Gasteiger partial charge < -0.3 is 10.5 Å². The first-order chi connectivity index (χ1) is 9.90. The fourth-order valence-corrected chi connectivity index (χ4v) is 1.63. The molecule has 1 aromatic carbocycles. The predicted molar refractivity (Wildman–Crippen MR) is 72.7 cm³/mol. The Morgan fingerprint density at radius 2 is 1.90 bits per heavy atom. The maximum Gasteiger partial charge on any atom is 0.451 e. The van der Waals surface area contributed by atoms with Gasteiger partial charge in [0.2, 0.25) is 11.7 Å². The lowest BCUT2D eigenvalue weighted by Gasteiger charge is -2.11. The molecule has 7 heteroatoms. The van der Waals surface area contributed by atoms with Crippen molar-refractivity contribution in [2.75, 3.05) is 5.73 Å². The molecule has 0 fully saturated rings. The van der Waals surface area contributed by atoms with Crippen LogP contribution < -0.4 is 10.5 Å². The zero-order valence-corrected chi connectivity index (χ0v) is 11.1. The Labute approximate surface area is 119 Å². The predicted octanol–water partition coefficient (Wildman–Crippen LogP) is 3.90. The van der Waals surface area contributed by atoms with Crippen molar-refractivity contribution in [1.29, 1.82) is 0 Å². The highest BCUT2D eigenvalue weighted by molar-refractivity contribution is 5.57. The topological polar surface area (TPSA) is 61.0 Å². The number of hydrogen-bond acceptors (Lipinski definition) is 4. The second-order valence-corrected chi connectivity index (χ2v) is 4.09. The number of nitrogen functional groups attached to an aromatic ring is 1. The van der Waals surface area contributed by atoms with E-state index in [1.54, 1.807) is 36.4 Å². The van der Waals surface area contributed by atoms with Gasteiger partial charge in [-0.25, -0.2) is 4.98 Å². The summed E-state index contributed by atoms with van der Waals surface area (Å²) >= 11 is 0. The molecule has 1 aromatic heterocycles. The Bertz CT molecular complexity index is 669. The molecule has 0 aliphatic carbocycles. The summed E-state index contributed by atoms with van der Waals surface area (Å²) in [7, 11) is 0. The summed E-state index contributed by atoms with van der Waals surface area (Å²) in [4.78, 5) is 6.49. The zero-order valence-electron chi connectivity index (χ0n) is 11.1. The van der Waals surface area contributed by atoms with Crippen LogP contribution in [0.3, 0.4) is 0 Å². The molecule has 1 heterocycles. The van der Waals surface area contributed by atoms with Gasteiger partial charge in [0.05, 0.1) is 0 Å². The van der Waals surface area contributed by atoms with Crippen molar-refractivity contribution in [1.82, 2.24) is 9.97 Å². The van der Waals surface area contributed by atoms with Gasteiger partial charge in [-0.15, -0.1) is 0 Å². The molecule has 0 spiro atoms. The first-order valence-corrected chi connectivity index (χ1v) is 6.01. The molecule has 0 aliphatic rings. The van der Waals surface area contributed by atoms with Crippen LogP contribution >= 0.6 is 0 Å². The van der Waals surface area contributed by atoms with Gasteiger partial charge in [-0.05, 0) is 13.0 Å². The first kappa shape index (κ1) is 14.8. The minimum atomic E-state index is -4.68. The first-order valence-electron chi connectivity index (χ1n) is 6.01. The lowest BCUT2D eigenvalue weighted by Crippen LogP contribution is -2.12. The van der Waals surface area contributed by atoms with E-state index in [-0.39, 0.29) is 11.7 Å². The Kier molecular flexibility index (Phi) is 4.11. The van der Waals surface area contributed by atoms with Gasteiger partial charge in [0, 0.05) is 11.6 Å². The minimum absolute atomic E-state index is 0.258. The van der Waals surface area contributed by atoms with Crippen molar-refractivity contribution in [2.24, 2.45) is 0 Å². The molecule has 21 heavy (non-hydrogen) atoms. The van der Waals surface area contributed by atoms with Crippen molar-refractivity contribution in [3.63, 3.8) is 0 Å². The van der Waals surface area contributed by atoms with Crippen molar-refractivity contribution in [3.8, 4) is 11.6 Å². The van der Waals surface area contributed by atoms with Gasteiger partial charge in [0.1, 0.15) is 11.6 Å². The normalized spacial score (nSPS) is 11.8. The largest absolute Gasteiger partial charge is 0.451 e. The van der Waals surface area contributed by atoms with Crippen LogP contribution in [0, 0.1) is 0 Å². The third kappa shape index (κ3) is 3.71. The van der Waals surface area contributed by atoms with Gasteiger partial charge in [-0.3, -0.25) is 0 Å². The molecule has 2 rings (SSSR count). The lowest BCUT2D eigenvalue weighted by molar-refractivity contribution is -0.145. The number of nitrogens with two attached hydrogens (primary N) is 1. The number of rotatable bonds is 3. The number of nitrogens with zero attached hydrogens (tertiary/aromatic N) is 2. The number of hydrogen-bond donors (Lipinski definition) is 1. The van der Waals surface area contributed by atoms with Crippen LogP contribution in [0.2, 0.25) is 0 Å². The van der Waals surface area contributed by atoms with Crippen LogP contribution in [0.25, 0.3) is 6.08 Å². The van der Waals surface area contributed by atoms with Crippen LogP contribution in [0.5, 0.6) is 11.6 Å². The summed E-state index contributed by atoms with van der Waals surface area (Å²) in [5.41, 5.74) is 6.08. The van der Waals surface area contributed by atoms with Gasteiger partial charge in [0.15, 0.2) is 0 Å². The van der Waals surface area contributed by atoms with Crippen molar-refractivity contribution in [2.45, 2.75) is 13.1 Å². The van der Waals surface area contributed by atoms with E-state index in [4.69, 9.17) is 10.5 Å². The van der Waals surface area contributed by atoms with Crippen LogP contribution in [-0.4, -0.2) is 9.97 Å². The summed E-state index contributed by atoms with van der Waals surface area (Å²) < 4.78 is 43.3. The average molecular weight is 295 g/mol. The Hall–Kier alpha value is -2.57. The van der Waals surface area contributed by atoms with E-state index in [0.29, 0.717) is 11.3 Å². The molecule has 0 bridgehead atoms. The molecular weight excluding hydrogens is 283 g/mol. The third-order valence-corrected chi connectivity index (χ3v) is 2.46. The fraction of sp³-hybridized carbons (Fsp3) is 0.143. The molecule has 0 amide bonds. The summed E-state index contributed by atoms with van der Waals surface area (Å²) in [6.07, 6.45) is -1.13. The van der Waals surface area contributed by atoms with E-state index in [1.165, 1.54) is 0 Å². The number of aromatic nitrogens is 2. The van der Waals surface area contributed by atoms with E-state index < -0.39 is 12.0 Å². The number of benzene rings is 1. The van der Waals surface area contributed by atoms with Crippen molar-refractivity contribution in [3.05, 3.63) is 47.8 Å². The van der Waals surface area contributed by atoms with E-state index in [0.717, 1.165) is 6.07 Å². The highest BCUT2D eigenvalue weighted by Gasteiger charge is 2.35. The minimum Gasteiger partial charge on any atom is -0.438 e. The highest BCUT2D eigenvalue weighted by atomic mass is 19.4. The quantitative estimate of drug-likeness (QED) is 0.932. The molecule has 0 saturated carbocycles. The smallest absolute Gasteiger partial charge is 0.438 e. The molecule has 4 nitrogen and oxygen atoms in total. The summed E-state index contributed by atoms with van der Waals surface area (Å²) in [6, 6.07) is 8.03.